The number of nitrogens with zero attached hydrogens (tertiary/aromatic N) is 3. The number of carbonyl (C=O) groups excluding carboxylic acids is 3. The van der Waals surface area contributed by atoms with Crippen molar-refractivity contribution in [3.05, 3.63) is 63.1 Å². The largest absolute Gasteiger partial charge is 0.493 e. The van der Waals surface area contributed by atoms with Crippen molar-refractivity contribution in [2.24, 2.45) is 0 Å². The first kappa shape index (κ1) is 26.5. The summed E-state index contributed by atoms with van der Waals surface area (Å²) in [6.45, 7) is 3.08. The minimum Gasteiger partial charge on any atom is -0.493 e. The van der Waals surface area contributed by atoms with Gasteiger partial charge in [-0.05, 0) is 63.0 Å². The number of benzene rings is 2. The van der Waals surface area contributed by atoms with Crippen LogP contribution in [-0.4, -0.2) is 59.8 Å². The first-order valence-corrected chi connectivity index (χ1v) is 13.6. The Labute approximate surface area is 231 Å². The van der Waals surface area contributed by atoms with E-state index in [1.165, 1.54) is 4.90 Å². The molecule has 0 radical (unpaired) electrons. The second-order valence-corrected chi connectivity index (χ2v) is 10.8. The predicted octanol–water partition coefficient (Wildman–Crippen LogP) is 4.08. The third kappa shape index (κ3) is 4.98. The number of nitrogens with one attached hydrogen (secondary N) is 1. The molecule has 198 valence electrons. The SMILES string of the molecule is N#CC1(c2c(Cl)cccc2Cl)CCN(CCCOc2cccc3c2CN(C2CCC(=O)NC2=O)C3=O)CC1. The zero-order chi connectivity index (χ0) is 26.9. The molecule has 2 aromatic rings. The number of nitriles is 1. The Morgan fingerprint density at radius 2 is 1.79 bits per heavy atom. The Morgan fingerprint density at radius 3 is 2.47 bits per heavy atom. The molecular weight excluding hydrogens is 527 g/mol. The van der Waals surface area contributed by atoms with Gasteiger partial charge < -0.3 is 14.5 Å². The molecular formula is C28H28Cl2N4O4. The van der Waals surface area contributed by atoms with Gasteiger partial charge in [0.1, 0.15) is 11.8 Å². The molecule has 1 N–H and O–H groups in total. The monoisotopic (exact) mass is 554 g/mol. The van der Waals surface area contributed by atoms with E-state index < -0.39 is 17.4 Å². The van der Waals surface area contributed by atoms with Gasteiger partial charge in [-0.3, -0.25) is 19.7 Å². The van der Waals surface area contributed by atoms with Gasteiger partial charge in [0.15, 0.2) is 0 Å². The maximum absolute atomic E-state index is 13.0. The summed E-state index contributed by atoms with van der Waals surface area (Å²) in [5.41, 5.74) is 1.35. The molecule has 2 aromatic carbocycles. The number of likely N-dealkylation sites (tertiary alicyclic amines) is 1. The van der Waals surface area contributed by atoms with Gasteiger partial charge in [-0.1, -0.05) is 35.3 Å². The number of hydrogen-bond donors (Lipinski definition) is 1. The number of ether oxygens (including phenoxy) is 1. The fourth-order valence-electron chi connectivity index (χ4n) is 5.69. The molecule has 3 aliphatic rings. The Bertz CT molecular complexity index is 1300. The lowest BCUT2D eigenvalue weighted by Crippen LogP contribution is -2.52. The van der Waals surface area contributed by atoms with E-state index in [0.29, 0.717) is 47.2 Å². The molecule has 0 aliphatic carbocycles. The maximum atomic E-state index is 13.0. The van der Waals surface area contributed by atoms with Crippen molar-refractivity contribution in [2.75, 3.05) is 26.2 Å². The Balaban J connectivity index is 1.15. The van der Waals surface area contributed by atoms with E-state index in [0.717, 1.165) is 37.2 Å². The quantitative estimate of drug-likeness (QED) is 0.408. The second kappa shape index (κ2) is 10.9. The molecule has 5 rings (SSSR count). The summed E-state index contributed by atoms with van der Waals surface area (Å²) < 4.78 is 6.08. The molecule has 3 heterocycles. The highest BCUT2D eigenvalue weighted by Gasteiger charge is 2.41. The molecule has 10 heteroatoms. The van der Waals surface area contributed by atoms with Crippen LogP contribution in [0.2, 0.25) is 10.0 Å². The van der Waals surface area contributed by atoms with Crippen LogP contribution in [0, 0.1) is 11.3 Å². The summed E-state index contributed by atoms with van der Waals surface area (Å²) in [7, 11) is 0. The second-order valence-electron chi connectivity index (χ2n) is 10.0. The van der Waals surface area contributed by atoms with Crippen molar-refractivity contribution >= 4 is 40.9 Å². The van der Waals surface area contributed by atoms with E-state index >= 15 is 0 Å². The summed E-state index contributed by atoms with van der Waals surface area (Å²) in [6, 6.07) is 12.6. The van der Waals surface area contributed by atoms with E-state index in [4.69, 9.17) is 27.9 Å². The fraction of sp³-hybridized carbons (Fsp3) is 0.429. The van der Waals surface area contributed by atoms with Gasteiger partial charge in [-0.15, -0.1) is 0 Å². The highest BCUT2D eigenvalue weighted by molar-refractivity contribution is 6.36. The minimum atomic E-state index is -0.687. The van der Waals surface area contributed by atoms with Crippen LogP contribution in [0.3, 0.4) is 0 Å². The lowest BCUT2D eigenvalue weighted by atomic mass is 9.74. The molecule has 0 saturated carbocycles. The molecule has 0 bridgehead atoms. The minimum absolute atomic E-state index is 0.215. The highest BCUT2D eigenvalue weighted by atomic mass is 35.5. The smallest absolute Gasteiger partial charge is 0.255 e. The molecule has 2 saturated heterocycles. The fourth-order valence-corrected chi connectivity index (χ4v) is 6.45. The molecule has 1 unspecified atom stereocenters. The van der Waals surface area contributed by atoms with Crippen molar-refractivity contribution in [1.29, 1.82) is 5.26 Å². The van der Waals surface area contributed by atoms with E-state index in [-0.39, 0.29) is 24.8 Å². The highest BCUT2D eigenvalue weighted by Crippen LogP contribution is 2.42. The van der Waals surface area contributed by atoms with Gasteiger partial charge in [0, 0.05) is 39.7 Å². The lowest BCUT2D eigenvalue weighted by Gasteiger charge is -2.38. The molecule has 0 aromatic heterocycles. The predicted molar refractivity (Wildman–Crippen MR) is 142 cm³/mol. The van der Waals surface area contributed by atoms with E-state index in [1.807, 2.05) is 6.07 Å². The van der Waals surface area contributed by atoms with E-state index in [9.17, 15) is 19.6 Å². The topological polar surface area (TPSA) is 103 Å². The summed E-state index contributed by atoms with van der Waals surface area (Å²) in [5, 5.41) is 13.4. The zero-order valence-electron chi connectivity index (χ0n) is 20.8. The molecule has 0 spiro atoms. The molecule has 2 fully saturated rings. The van der Waals surface area contributed by atoms with Crippen LogP contribution in [-0.2, 0) is 21.5 Å². The first-order valence-electron chi connectivity index (χ1n) is 12.8. The summed E-state index contributed by atoms with van der Waals surface area (Å²) >= 11 is 12.8. The first-order chi connectivity index (χ1) is 18.3. The van der Waals surface area contributed by atoms with Gasteiger partial charge >= 0.3 is 0 Å². The van der Waals surface area contributed by atoms with Gasteiger partial charge in [0.25, 0.3) is 5.91 Å². The number of halogens is 2. The maximum Gasteiger partial charge on any atom is 0.255 e. The number of hydrogen-bond acceptors (Lipinski definition) is 6. The van der Waals surface area contributed by atoms with Gasteiger partial charge in [-0.25, -0.2) is 0 Å². The summed E-state index contributed by atoms with van der Waals surface area (Å²) in [4.78, 5) is 40.7. The van der Waals surface area contributed by atoms with Crippen LogP contribution < -0.4 is 10.1 Å². The van der Waals surface area contributed by atoms with E-state index in [2.05, 4.69) is 16.3 Å². The summed E-state index contributed by atoms with van der Waals surface area (Å²) in [6.07, 6.45) is 2.63. The van der Waals surface area contributed by atoms with Gasteiger partial charge in [-0.2, -0.15) is 5.26 Å². The van der Waals surface area contributed by atoms with Crippen molar-refractivity contribution in [1.82, 2.24) is 15.1 Å². The molecule has 3 amide bonds. The van der Waals surface area contributed by atoms with Crippen LogP contribution >= 0.6 is 23.2 Å². The Kier molecular flexibility index (Phi) is 7.62. The Morgan fingerprint density at radius 1 is 1.08 bits per heavy atom. The number of rotatable bonds is 7. The summed E-state index contributed by atoms with van der Waals surface area (Å²) in [5.74, 6) is -0.309. The van der Waals surface area contributed by atoms with Crippen molar-refractivity contribution < 1.29 is 19.1 Å². The van der Waals surface area contributed by atoms with Crippen molar-refractivity contribution in [3.63, 3.8) is 0 Å². The van der Waals surface area contributed by atoms with E-state index in [1.54, 1.807) is 30.3 Å². The van der Waals surface area contributed by atoms with Gasteiger partial charge in [0.2, 0.25) is 11.8 Å². The van der Waals surface area contributed by atoms with Gasteiger partial charge in [0.05, 0.1) is 24.6 Å². The molecule has 38 heavy (non-hydrogen) atoms. The van der Waals surface area contributed by atoms with Crippen LogP contribution in [0.4, 0.5) is 0 Å². The van der Waals surface area contributed by atoms with Crippen LogP contribution in [0.15, 0.2) is 36.4 Å². The third-order valence-corrected chi connectivity index (χ3v) is 8.41. The van der Waals surface area contributed by atoms with Crippen molar-refractivity contribution in [3.8, 4) is 11.8 Å². The number of amides is 3. The molecule has 1 atom stereocenters. The number of carbonyl (C=O) groups is 3. The lowest BCUT2D eigenvalue weighted by molar-refractivity contribution is -0.136. The van der Waals surface area contributed by atoms with Crippen molar-refractivity contribution in [2.45, 2.75) is 50.1 Å². The Hall–Kier alpha value is -3.12. The van der Waals surface area contributed by atoms with Crippen LogP contribution in [0.5, 0.6) is 5.75 Å². The number of fused-ring (bicyclic) bond motifs is 1. The molecule has 3 aliphatic heterocycles. The third-order valence-electron chi connectivity index (χ3n) is 7.78. The van der Waals surface area contributed by atoms with Crippen LogP contribution in [0.1, 0.15) is 53.6 Å². The normalized spacial score (nSPS) is 21.1. The number of piperidine rings is 2. The number of imide groups is 1. The zero-order valence-corrected chi connectivity index (χ0v) is 22.4. The average molecular weight is 555 g/mol. The van der Waals surface area contributed by atoms with Crippen LogP contribution in [0.25, 0.3) is 0 Å². The average Bonchev–Trinajstić information content (AvgIpc) is 3.24. The molecule has 8 nitrogen and oxygen atoms in total. The standard InChI is InChI=1S/C28H28Cl2N4O4/c29-20-5-2-6-21(30)25(20)28(17-31)10-13-33(14-11-28)12-3-15-38-23-7-1-4-18-19(23)16-34(27(18)37)22-8-9-24(35)32-26(22)36/h1-2,4-7,22H,3,8-16H2,(H,32,35,36).